The van der Waals surface area contributed by atoms with E-state index in [4.69, 9.17) is 4.74 Å². The fourth-order valence-corrected chi connectivity index (χ4v) is 3.82. The lowest BCUT2D eigenvalue weighted by atomic mass is 10.0. The number of hydrogen-bond donors (Lipinski definition) is 0. The first-order valence-corrected chi connectivity index (χ1v) is 9.94. The number of nitrogens with zero attached hydrogens (tertiary/aromatic N) is 2. The summed E-state index contributed by atoms with van der Waals surface area (Å²) in [6.45, 7) is 0.463. The van der Waals surface area contributed by atoms with Gasteiger partial charge in [-0.2, -0.15) is 0 Å². The molecule has 3 nitrogen and oxygen atoms in total. The number of aromatic nitrogens is 1. The van der Waals surface area contributed by atoms with Gasteiger partial charge in [-0.05, 0) is 40.8 Å². The zero-order valence-electron chi connectivity index (χ0n) is 17.1. The fourth-order valence-electron chi connectivity index (χ4n) is 3.82. The Morgan fingerprint density at radius 3 is 2.43 bits per heavy atom. The second-order valence-corrected chi connectivity index (χ2v) is 7.43. The van der Waals surface area contributed by atoms with Crippen LogP contribution in [-0.2, 0) is 20.1 Å². The molecule has 0 spiro atoms. The SMILES string of the molecule is CN(F)CCc1cn(C)c2ccc(F)c(OCc3ccccc3-c3ccccc3)c12. The van der Waals surface area contributed by atoms with Gasteiger partial charge in [0.1, 0.15) is 6.61 Å². The van der Waals surface area contributed by atoms with Crippen LogP contribution >= 0.6 is 0 Å². The van der Waals surface area contributed by atoms with Gasteiger partial charge in [-0.1, -0.05) is 54.6 Å². The Morgan fingerprint density at radius 2 is 1.67 bits per heavy atom. The second kappa shape index (κ2) is 8.67. The highest BCUT2D eigenvalue weighted by Gasteiger charge is 2.17. The topological polar surface area (TPSA) is 17.4 Å². The monoisotopic (exact) mass is 406 g/mol. The molecule has 0 atom stereocenters. The number of fused-ring (bicyclic) bond motifs is 1. The van der Waals surface area contributed by atoms with Crippen LogP contribution in [0.2, 0.25) is 0 Å². The highest BCUT2D eigenvalue weighted by atomic mass is 19.2. The average Bonchev–Trinajstić information content (AvgIpc) is 3.08. The van der Waals surface area contributed by atoms with Gasteiger partial charge in [-0.25, -0.2) is 4.39 Å². The molecule has 3 aromatic carbocycles. The van der Waals surface area contributed by atoms with Crippen molar-refractivity contribution in [3.63, 3.8) is 0 Å². The van der Waals surface area contributed by atoms with Gasteiger partial charge in [0, 0.05) is 32.2 Å². The number of aryl methyl sites for hydroxylation is 1. The summed E-state index contributed by atoms with van der Waals surface area (Å²) in [5.41, 5.74) is 4.84. The maximum Gasteiger partial charge on any atom is 0.165 e. The number of benzene rings is 3. The minimum atomic E-state index is -0.416. The van der Waals surface area contributed by atoms with Crippen LogP contribution in [0.3, 0.4) is 0 Å². The van der Waals surface area contributed by atoms with Crippen molar-refractivity contribution < 1.29 is 13.6 Å². The van der Waals surface area contributed by atoms with Crippen LogP contribution in [0.5, 0.6) is 5.75 Å². The van der Waals surface area contributed by atoms with E-state index in [0.717, 1.165) is 27.8 Å². The Morgan fingerprint density at radius 1 is 0.933 bits per heavy atom. The molecule has 4 aromatic rings. The summed E-state index contributed by atoms with van der Waals surface area (Å²) in [6, 6.07) is 21.2. The number of likely N-dealkylation sites (N-methyl/N-ethyl adjacent to an activating group) is 1. The Hall–Kier alpha value is -3.18. The summed E-state index contributed by atoms with van der Waals surface area (Å²) in [7, 11) is 3.28. The summed E-state index contributed by atoms with van der Waals surface area (Å²) in [5.74, 6) is -0.201. The smallest absolute Gasteiger partial charge is 0.165 e. The van der Waals surface area contributed by atoms with Gasteiger partial charge in [0.05, 0.1) is 5.52 Å². The van der Waals surface area contributed by atoms with E-state index in [1.54, 1.807) is 6.07 Å². The van der Waals surface area contributed by atoms with Crippen molar-refractivity contribution in [2.45, 2.75) is 13.0 Å². The first-order valence-electron chi connectivity index (χ1n) is 9.94. The quantitative estimate of drug-likeness (QED) is 0.354. The first-order chi connectivity index (χ1) is 14.5. The predicted molar refractivity (Wildman–Crippen MR) is 117 cm³/mol. The predicted octanol–water partition coefficient (Wildman–Crippen LogP) is 5.92. The summed E-state index contributed by atoms with van der Waals surface area (Å²) >= 11 is 0. The van der Waals surface area contributed by atoms with Crippen molar-refractivity contribution in [3.8, 4) is 16.9 Å². The molecule has 0 N–H and O–H groups in total. The highest BCUT2D eigenvalue weighted by molar-refractivity contribution is 5.90. The molecule has 0 aliphatic carbocycles. The lowest BCUT2D eigenvalue weighted by molar-refractivity contribution is 0.0618. The number of rotatable bonds is 7. The molecule has 30 heavy (non-hydrogen) atoms. The van der Waals surface area contributed by atoms with Gasteiger partial charge in [-0.15, -0.1) is 9.60 Å². The van der Waals surface area contributed by atoms with Crippen molar-refractivity contribution in [3.05, 3.63) is 89.9 Å². The molecule has 5 heteroatoms. The normalized spacial score (nSPS) is 11.4. The van der Waals surface area contributed by atoms with Crippen LogP contribution < -0.4 is 4.74 Å². The Balaban J connectivity index is 1.69. The van der Waals surface area contributed by atoms with E-state index >= 15 is 0 Å². The van der Waals surface area contributed by atoms with Crippen LogP contribution in [0, 0.1) is 5.82 Å². The molecular weight excluding hydrogens is 382 g/mol. The van der Waals surface area contributed by atoms with Crippen LogP contribution in [0.25, 0.3) is 22.0 Å². The van der Waals surface area contributed by atoms with Gasteiger partial charge < -0.3 is 9.30 Å². The van der Waals surface area contributed by atoms with Gasteiger partial charge in [-0.3, -0.25) is 0 Å². The minimum absolute atomic E-state index is 0.215. The van der Waals surface area contributed by atoms with Crippen molar-refractivity contribution in [1.82, 2.24) is 9.69 Å². The molecule has 1 heterocycles. The molecule has 0 unspecified atom stereocenters. The third-order valence-corrected chi connectivity index (χ3v) is 5.30. The Labute approximate surface area is 175 Å². The molecule has 0 amide bonds. The zero-order valence-corrected chi connectivity index (χ0v) is 17.1. The van der Waals surface area contributed by atoms with Crippen molar-refractivity contribution in [1.29, 1.82) is 0 Å². The second-order valence-electron chi connectivity index (χ2n) is 7.43. The fraction of sp³-hybridized carbons (Fsp3) is 0.200. The molecular formula is C25H24F2N2O. The van der Waals surface area contributed by atoms with E-state index in [-0.39, 0.29) is 18.9 Å². The molecule has 0 saturated heterocycles. The standard InChI is InChI=1S/C25H24F2N2O/c1-28-16-19(14-15-29(2)27)24-23(28)13-12-22(26)25(24)30-17-20-10-6-7-11-21(20)18-8-4-3-5-9-18/h3-13,16H,14-15,17H2,1-2H3. The first kappa shape index (κ1) is 20.1. The molecule has 0 radical (unpaired) electrons. The highest BCUT2D eigenvalue weighted by Crippen LogP contribution is 2.34. The van der Waals surface area contributed by atoms with Crippen LogP contribution in [0.4, 0.5) is 8.87 Å². The minimum Gasteiger partial charge on any atom is -0.485 e. The van der Waals surface area contributed by atoms with E-state index in [2.05, 4.69) is 0 Å². The third kappa shape index (κ3) is 4.07. The zero-order chi connectivity index (χ0) is 21.1. The molecule has 0 aliphatic heterocycles. The van der Waals surface area contributed by atoms with E-state index in [0.29, 0.717) is 16.9 Å². The van der Waals surface area contributed by atoms with Crippen molar-refractivity contribution >= 4 is 10.9 Å². The van der Waals surface area contributed by atoms with Gasteiger partial charge in [0.25, 0.3) is 0 Å². The van der Waals surface area contributed by atoms with E-state index < -0.39 is 5.82 Å². The van der Waals surface area contributed by atoms with Gasteiger partial charge in [0.2, 0.25) is 0 Å². The maximum absolute atomic E-state index is 14.8. The van der Waals surface area contributed by atoms with Gasteiger partial charge in [0.15, 0.2) is 11.6 Å². The summed E-state index contributed by atoms with van der Waals surface area (Å²) in [5, 5.41) is 1.34. The molecule has 0 saturated carbocycles. The molecule has 0 bridgehead atoms. The molecule has 1 aromatic heterocycles. The molecule has 0 fully saturated rings. The number of ether oxygens (including phenoxy) is 1. The maximum atomic E-state index is 14.8. The van der Waals surface area contributed by atoms with Crippen LogP contribution in [0.15, 0.2) is 72.9 Å². The summed E-state index contributed by atoms with van der Waals surface area (Å²) < 4.78 is 36.1. The van der Waals surface area contributed by atoms with Crippen molar-refractivity contribution in [2.75, 3.05) is 13.6 Å². The van der Waals surface area contributed by atoms with Crippen LogP contribution in [0.1, 0.15) is 11.1 Å². The van der Waals surface area contributed by atoms with E-state index in [1.807, 2.05) is 72.4 Å². The largest absolute Gasteiger partial charge is 0.485 e. The van der Waals surface area contributed by atoms with E-state index in [9.17, 15) is 8.87 Å². The average molecular weight is 406 g/mol. The Bertz CT molecular complexity index is 1150. The number of halogens is 2. The molecule has 0 aliphatic rings. The molecule has 154 valence electrons. The third-order valence-electron chi connectivity index (χ3n) is 5.30. The van der Waals surface area contributed by atoms with Crippen molar-refractivity contribution in [2.24, 2.45) is 7.05 Å². The van der Waals surface area contributed by atoms with Gasteiger partial charge >= 0.3 is 0 Å². The lowest BCUT2D eigenvalue weighted by Gasteiger charge is -2.14. The van der Waals surface area contributed by atoms with Crippen LogP contribution in [-0.4, -0.2) is 23.3 Å². The molecule has 4 rings (SSSR count). The van der Waals surface area contributed by atoms with E-state index in [1.165, 1.54) is 13.1 Å². The lowest BCUT2D eigenvalue weighted by Crippen LogP contribution is -2.10. The summed E-state index contributed by atoms with van der Waals surface area (Å²) in [4.78, 5) is 0. The Kier molecular flexibility index (Phi) is 5.81. The number of hydrogen-bond acceptors (Lipinski definition) is 2. The summed E-state index contributed by atoms with van der Waals surface area (Å²) in [6.07, 6.45) is 2.38.